The van der Waals surface area contributed by atoms with Gasteiger partial charge in [0.1, 0.15) is 0 Å². The van der Waals surface area contributed by atoms with Gasteiger partial charge in [-0.25, -0.2) is 0 Å². The summed E-state index contributed by atoms with van der Waals surface area (Å²) in [5, 5.41) is 12.5. The number of carbonyl (C=O) groups is 1. The number of benzene rings is 1. The predicted molar refractivity (Wildman–Crippen MR) is 72.6 cm³/mol. The number of phenolic OH excluding ortho intramolecular Hbond substituents is 1. The van der Waals surface area contributed by atoms with Gasteiger partial charge in [-0.05, 0) is 18.1 Å². The van der Waals surface area contributed by atoms with E-state index >= 15 is 0 Å². The number of rotatable bonds is 7. The molecular formula is C14H21NO4. The van der Waals surface area contributed by atoms with Gasteiger partial charge in [0, 0.05) is 13.2 Å². The number of ether oxygens (including phenoxy) is 2. The van der Waals surface area contributed by atoms with Crippen LogP contribution < -0.4 is 10.1 Å². The second-order valence-corrected chi connectivity index (χ2v) is 4.58. The average Bonchev–Trinajstić information content (AvgIpc) is 2.38. The lowest BCUT2D eigenvalue weighted by molar-refractivity contribution is 0.0883. The Morgan fingerprint density at radius 1 is 1.42 bits per heavy atom. The Hall–Kier alpha value is -1.75. The quantitative estimate of drug-likeness (QED) is 0.739. The van der Waals surface area contributed by atoms with Crippen LogP contribution in [0.2, 0.25) is 0 Å². The van der Waals surface area contributed by atoms with E-state index < -0.39 is 0 Å². The summed E-state index contributed by atoms with van der Waals surface area (Å²) in [4.78, 5) is 11.8. The van der Waals surface area contributed by atoms with Gasteiger partial charge in [-0.15, -0.1) is 0 Å². The molecule has 0 radical (unpaired) electrons. The molecule has 0 fully saturated rings. The van der Waals surface area contributed by atoms with Crippen LogP contribution in [0.15, 0.2) is 18.2 Å². The van der Waals surface area contributed by atoms with Crippen molar-refractivity contribution in [3.05, 3.63) is 23.8 Å². The van der Waals surface area contributed by atoms with Crippen LogP contribution in [0.4, 0.5) is 0 Å². The monoisotopic (exact) mass is 267 g/mol. The van der Waals surface area contributed by atoms with E-state index in [0.717, 1.165) is 0 Å². The number of amides is 1. The lowest BCUT2D eigenvalue weighted by Gasteiger charge is -2.10. The van der Waals surface area contributed by atoms with Crippen LogP contribution >= 0.6 is 0 Å². The SMILES string of the molecule is COc1cccc(C(=O)NCCOCC(C)C)c1O. The van der Waals surface area contributed by atoms with Crippen LogP contribution in [-0.2, 0) is 4.74 Å². The highest BCUT2D eigenvalue weighted by atomic mass is 16.5. The van der Waals surface area contributed by atoms with E-state index in [1.165, 1.54) is 7.11 Å². The van der Waals surface area contributed by atoms with Gasteiger partial charge in [0.25, 0.3) is 5.91 Å². The predicted octanol–water partition coefficient (Wildman–Crippen LogP) is 1.80. The van der Waals surface area contributed by atoms with Gasteiger partial charge in [-0.2, -0.15) is 0 Å². The number of aromatic hydroxyl groups is 1. The molecule has 0 saturated heterocycles. The van der Waals surface area contributed by atoms with Crippen molar-refractivity contribution < 1.29 is 19.4 Å². The smallest absolute Gasteiger partial charge is 0.255 e. The fourth-order valence-corrected chi connectivity index (χ4v) is 1.52. The summed E-state index contributed by atoms with van der Waals surface area (Å²) in [6.45, 7) is 5.65. The van der Waals surface area contributed by atoms with Gasteiger partial charge in [0.2, 0.25) is 0 Å². The second kappa shape index (κ2) is 7.63. The van der Waals surface area contributed by atoms with Crippen LogP contribution in [0.1, 0.15) is 24.2 Å². The summed E-state index contributed by atoms with van der Waals surface area (Å²) in [5.74, 6) is 0.261. The fourth-order valence-electron chi connectivity index (χ4n) is 1.52. The normalized spacial score (nSPS) is 10.5. The van der Waals surface area contributed by atoms with E-state index in [1.807, 2.05) is 0 Å². The zero-order chi connectivity index (χ0) is 14.3. The van der Waals surface area contributed by atoms with E-state index in [-0.39, 0.29) is 23.0 Å². The number of phenols is 1. The van der Waals surface area contributed by atoms with Gasteiger partial charge in [-0.1, -0.05) is 19.9 Å². The molecule has 106 valence electrons. The minimum absolute atomic E-state index is 0.148. The Balaban J connectivity index is 2.46. The van der Waals surface area contributed by atoms with Crippen molar-refractivity contribution in [2.24, 2.45) is 5.92 Å². The van der Waals surface area contributed by atoms with Gasteiger partial charge >= 0.3 is 0 Å². The molecule has 1 aromatic carbocycles. The molecule has 1 aromatic rings. The molecule has 0 aliphatic rings. The fraction of sp³-hybridized carbons (Fsp3) is 0.500. The third-order valence-corrected chi connectivity index (χ3v) is 2.45. The van der Waals surface area contributed by atoms with E-state index in [4.69, 9.17) is 9.47 Å². The molecule has 0 spiro atoms. The average molecular weight is 267 g/mol. The van der Waals surface area contributed by atoms with Crippen LogP contribution in [0.25, 0.3) is 0 Å². The van der Waals surface area contributed by atoms with Crippen LogP contribution in [0.5, 0.6) is 11.5 Å². The van der Waals surface area contributed by atoms with E-state index in [0.29, 0.717) is 25.7 Å². The highest BCUT2D eigenvalue weighted by molar-refractivity contribution is 5.97. The first-order valence-electron chi connectivity index (χ1n) is 6.28. The van der Waals surface area contributed by atoms with Gasteiger partial charge in [-0.3, -0.25) is 4.79 Å². The summed E-state index contributed by atoms with van der Waals surface area (Å²) in [6.07, 6.45) is 0. The molecule has 19 heavy (non-hydrogen) atoms. The lowest BCUT2D eigenvalue weighted by atomic mass is 10.1. The number of hydrogen-bond donors (Lipinski definition) is 2. The van der Waals surface area contributed by atoms with E-state index in [1.54, 1.807) is 18.2 Å². The minimum atomic E-state index is -0.343. The highest BCUT2D eigenvalue weighted by Gasteiger charge is 2.13. The molecular weight excluding hydrogens is 246 g/mol. The van der Waals surface area contributed by atoms with Crippen molar-refractivity contribution in [3.8, 4) is 11.5 Å². The molecule has 0 heterocycles. The van der Waals surface area contributed by atoms with E-state index in [9.17, 15) is 9.90 Å². The van der Waals surface area contributed by atoms with Crippen molar-refractivity contribution in [1.29, 1.82) is 0 Å². The number of nitrogens with one attached hydrogen (secondary N) is 1. The molecule has 0 aliphatic heterocycles. The van der Waals surface area contributed by atoms with Crippen molar-refractivity contribution >= 4 is 5.91 Å². The summed E-state index contributed by atoms with van der Waals surface area (Å²) in [7, 11) is 1.44. The maximum atomic E-state index is 11.8. The summed E-state index contributed by atoms with van der Waals surface area (Å²) in [5.41, 5.74) is 0.197. The Morgan fingerprint density at radius 3 is 2.79 bits per heavy atom. The van der Waals surface area contributed by atoms with Crippen LogP contribution in [0.3, 0.4) is 0 Å². The topological polar surface area (TPSA) is 67.8 Å². The second-order valence-electron chi connectivity index (χ2n) is 4.58. The molecule has 0 saturated carbocycles. The first-order valence-corrected chi connectivity index (χ1v) is 6.28. The summed E-state index contributed by atoms with van der Waals surface area (Å²) in [6, 6.07) is 4.79. The molecule has 0 unspecified atom stereocenters. The van der Waals surface area contributed by atoms with Gasteiger partial charge < -0.3 is 19.9 Å². The highest BCUT2D eigenvalue weighted by Crippen LogP contribution is 2.28. The summed E-state index contributed by atoms with van der Waals surface area (Å²) < 4.78 is 10.3. The molecule has 2 N–H and O–H groups in total. The van der Waals surface area contributed by atoms with Crippen molar-refractivity contribution in [2.75, 3.05) is 26.9 Å². The number of carbonyl (C=O) groups excluding carboxylic acids is 1. The third-order valence-electron chi connectivity index (χ3n) is 2.45. The van der Waals surface area contributed by atoms with Gasteiger partial charge in [0.05, 0.1) is 19.3 Å². The molecule has 0 atom stereocenters. The molecule has 0 aromatic heterocycles. The van der Waals surface area contributed by atoms with Gasteiger partial charge in [0.15, 0.2) is 11.5 Å². The Labute approximate surface area is 113 Å². The first-order chi connectivity index (χ1) is 9.06. The molecule has 0 aliphatic carbocycles. The molecule has 0 bridgehead atoms. The Morgan fingerprint density at radius 2 is 2.16 bits per heavy atom. The van der Waals surface area contributed by atoms with E-state index in [2.05, 4.69) is 19.2 Å². The maximum absolute atomic E-state index is 11.8. The molecule has 5 nitrogen and oxygen atoms in total. The zero-order valence-corrected chi connectivity index (χ0v) is 11.6. The third kappa shape index (κ3) is 4.79. The molecule has 1 rings (SSSR count). The number of para-hydroxylation sites is 1. The molecule has 5 heteroatoms. The van der Waals surface area contributed by atoms with Crippen molar-refractivity contribution in [1.82, 2.24) is 5.32 Å². The first kappa shape index (κ1) is 15.3. The Kier molecular flexibility index (Phi) is 6.15. The summed E-state index contributed by atoms with van der Waals surface area (Å²) >= 11 is 0. The lowest BCUT2D eigenvalue weighted by Crippen LogP contribution is -2.27. The van der Waals surface area contributed by atoms with Crippen LogP contribution in [-0.4, -0.2) is 37.9 Å². The standard InChI is InChI=1S/C14H21NO4/c1-10(2)9-19-8-7-15-14(17)11-5-4-6-12(18-3)13(11)16/h4-6,10,16H,7-9H2,1-3H3,(H,15,17). The number of hydrogen-bond acceptors (Lipinski definition) is 4. The maximum Gasteiger partial charge on any atom is 0.255 e. The van der Waals surface area contributed by atoms with Crippen LogP contribution in [0, 0.1) is 5.92 Å². The number of methoxy groups -OCH3 is 1. The minimum Gasteiger partial charge on any atom is -0.504 e. The molecule has 1 amide bonds. The van der Waals surface area contributed by atoms with Crippen molar-refractivity contribution in [3.63, 3.8) is 0 Å². The zero-order valence-electron chi connectivity index (χ0n) is 11.6. The van der Waals surface area contributed by atoms with Crippen molar-refractivity contribution in [2.45, 2.75) is 13.8 Å². The Bertz CT molecular complexity index is 418. The largest absolute Gasteiger partial charge is 0.504 e.